The van der Waals surface area contributed by atoms with Gasteiger partial charge in [-0.15, -0.1) is 0 Å². The molecule has 2 fully saturated rings. The van der Waals surface area contributed by atoms with Crippen LogP contribution in [-0.2, 0) is 14.8 Å². The Morgan fingerprint density at radius 3 is 2.58 bits per heavy atom. The Morgan fingerprint density at radius 1 is 1.38 bits per heavy atom. The summed E-state index contributed by atoms with van der Waals surface area (Å²) in [6.07, 6.45) is 3.69. The van der Waals surface area contributed by atoms with Crippen LogP contribution in [0.3, 0.4) is 0 Å². The van der Waals surface area contributed by atoms with E-state index in [1.807, 2.05) is 11.9 Å². The topological polar surface area (TPSA) is 83.7 Å². The Bertz CT molecular complexity index is 778. The van der Waals surface area contributed by atoms with Crippen molar-refractivity contribution in [2.45, 2.75) is 64.3 Å². The Kier molecular flexibility index (Phi) is 4.94. The Balaban J connectivity index is 1.76. The maximum atomic E-state index is 13.0. The van der Waals surface area contributed by atoms with Crippen molar-refractivity contribution in [2.24, 2.45) is 11.3 Å². The monoisotopic (exact) mass is 383 g/mol. The maximum absolute atomic E-state index is 13.0. The van der Waals surface area contributed by atoms with E-state index in [1.54, 1.807) is 13.8 Å². The van der Waals surface area contributed by atoms with Gasteiger partial charge >= 0.3 is 0 Å². The summed E-state index contributed by atoms with van der Waals surface area (Å²) in [6, 6.07) is 0.171. The minimum Gasteiger partial charge on any atom is -0.360 e. The lowest BCUT2D eigenvalue weighted by Crippen LogP contribution is -2.49. The Hall–Kier alpha value is -1.41. The Labute approximate surface area is 155 Å². The average molecular weight is 384 g/mol. The molecule has 146 valence electrons. The van der Waals surface area contributed by atoms with E-state index in [1.165, 1.54) is 4.31 Å². The molecule has 0 spiro atoms. The van der Waals surface area contributed by atoms with Gasteiger partial charge in [0.2, 0.25) is 15.9 Å². The minimum absolute atomic E-state index is 0.0456. The molecule has 2 heterocycles. The lowest BCUT2D eigenvalue weighted by Gasteiger charge is -2.36. The number of aryl methyl sites for hydroxylation is 2. The molecule has 0 unspecified atom stereocenters. The van der Waals surface area contributed by atoms with Crippen LogP contribution in [0.15, 0.2) is 9.42 Å². The number of hydrogen-bond donors (Lipinski definition) is 0. The van der Waals surface area contributed by atoms with E-state index in [9.17, 15) is 13.2 Å². The normalized spacial score (nSPS) is 24.3. The summed E-state index contributed by atoms with van der Waals surface area (Å²) < 4.78 is 32.5. The van der Waals surface area contributed by atoms with Gasteiger partial charge < -0.3 is 9.42 Å². The molecule has 0 bridgehead atoms. The quantitative estimate of drug-likeness (QED) is 0.779. The van der Waals surface area contributed by atoms with Crippen LogP contribution in [0.5, 0.6) is 0 Å². The number of rotatable bonds is 5. The molecular weight excluding hydrogens is 354 g/mol. The summed E-state index contributed by atoms with van der Waals surface area (Å²) >= 11 is 0. The first-order chi connectivity index (χ1) is 12.1. The second kappa shape index (κ2) is 6.64. The third-order valence-corrected chi connectivity index (χ3v) is 8.39. The summed E-state index contributed by atoms with van der Waals surface area (Å²) in [5, 5.41) is 3.76. The van der Waals surface area contributed by atoms with E-state index in [4.69, 9.17) is 4.52 Å². The molecule has 0 aromatic carbocycles. The number of piperidine rings is 1. The standard InChI is InChI=1S/C18H29N3O4S/c1-12-16(13(2)25-19-12)26(23,24)21-10-6-7-15(11-21)17(22)20(5)14(3)18(4)8-9-18/h14-15H,6-11H2,1-5H3/t14-,15+/m1/s1. The average Bonchev–Trinajstić information content (AvgIpc) is 3.27. The molecule has 0 N–H and O–H groups in total. The molecule has 1 aromatic heterocycles. The highest BCUT2D eigenvalue weighted by atomic mass is 32.2. The number of hydrogen-bond acceptors (Lipinski definition) is 5. The zero-order chi connectivity index (χ0) is 19.3. The van der Waals surface area contributed by atoms with Gasteiger partial charge in [-0.05, 0) is 51.9 Å². The van der Waals surface area contributed by atoms with Crippen LogP contribution < -0.4 is 0 Å². The molecule has 8 heteroatoms. The zero-order valence-electron chi connectivity index (χ0n) is 16.3. The van der Waals surface area contributed by atoms with Crippen LogP contribution >= 0.6 is 0 Å². The fourth-order valence-corrected chi connectivity index (χ4v) is 5.71. The van der Waals surface area contributed by atoms with Crippen LogP contribution in [-0.4, -0.2) is 54.9 Å². The summed E-state index contributed by atoms with van der Waals surface area (Å²) in [4.78, 5) is 14.9. The summed E-state index contributed by atoms with van der Waals surface area (Å²) in [5.74, 6) is 0.0430. The molecule has 26 heavy (non-hydrogen) atoms. The van der Waals surface area contributed by atoms with Gasteiger partial charge in [0.1, 0.15) is 10.6 Å². The van der Waals surface area contributed by atoms with E-state index >= 15 is 0 Å². The first-order valence-corrected chi connectivity index (χ1v) is 10.7. The first kappa shape index (κ1) is 19.4. The molecule has 1 amide bonds. The van der Waals surface area contributed by atoms with Gasteiger partial charge in [-0.2, -0.15) is 4.31 Å². The lowest BCUT2D eigenvalue weighted by molar-refractivity contribution is -0.138. The largest absolute Gasteiger partial charge is 0.360 e. The third kappa shape index (κ3) is 3.29. The molecule has 1 aromatic rings. The number of carbonyl (C=O) groups excluding carboxylic acids is 1. The van der Waals surface area contributed by atoms with Crippen molar-refractivity contribution in [1.29, 1.82) is 0 Å². The molecule has 0 radical (unpaired) electrons. The lowest BCUT2D eigenvalue weighted by atomic mass is 9.94. The molecule has 3 rings (SSSR count). The predicted octanol–water partition coefficient (Wildman–Crippen LogP) is 2.34. The van der Waals surface area contributed by atoms with Gasteiger partial charge in [-0.3, -0.25) is 4.79 Å². The molecule has 2 aliphatic rings. The highest BCUT2D eigenvalue weighted by molar-refractivity contribution is 7.89. The number of sulfonamides is 1. The minimum atomic E-state index is -3.70. The fraction of sp³-hybridized carbons (Fsp3) is 0.778. The molecule has 1 aliphatic heterocycles. The van der Waals surface area contributed by atoms with E-state index in [0.717, 1.165) is 19.3 Å². The van der Waals surface area contributed by atoms with Crippen molar-refractivity contribution in [3.63, 3.8) is 0 Å². The highest BCUT2D eigenvalue weighted by Crippen LogP contribution is 2.49. The van der Waals surface area contributed by atoms with Crippen molar-refractivity contribution in [3.8, 4) is 0 Å². The first-order valence-electron chi connectivity index (χ1n) is 9.27. The second-order valence-electron chi connectivity index (χ2n) is 8.13. The van der Waals surface area contributed by atoms with E-state index in [-0.39, 0.29) is 34.7 Å². The highest BCUT2D eigenvalue weighted by Gasteiger charge is 2.46. The summed E-state index contributed by atoms with van der Waals surface area (Å²) in [7, 11) is -1.86. The SMILES string of the molecule is Cc1noc(C)c1S(=O)(=O)N1CCC[C@H](C(=O)N(C)[C@H](C)C2(C)CC2)C1. The van der Waals surface area contributed by atoms with Crippen LogP contribution in [0.25, 0.3) is 0 Å². The third-order valence-electron chi connectivity index (χ3n) is 6.27. The van der Waals surface area contributed by atoms with Gasteiger partial charge in [0, 0.05) is 26.2 Å². The van der Waals surface area contributed by atoms with E-state index in [0.29, 0.717) is 24.4 Å². The summed E-state index contributed by atoms with van der Waals surface area (Å²) in [5.41, 5.74) is 0.574. The smallest absolute Gasteiger partial charge is 0.248 e. The second-order valence-corrected chi connectivity index (χ2v) is 10.0. The number of aromatic nitrogens is 1. The van der Waals surface area contributed by atoms with Crippen molar-refractivity contribution < 1.29 is 17.7 Å². The predicted molar refractivity (Wildman–Crippen MR) is 97.0 cm³/mol. The van der Waals surface area contributed by atoms with Gasteiger partial charge in [-0.25, -0.2) is 8.42 Å². The number of nitrogens with zero attached hydrogens (tertiary/aromatic N) is 3. The molecule has 1 saturated carbocycles. The van der Waals surface area contributed by atoms with Gasteiger partial charge in [0.05, 0.1) is 5.92 Å². The van der Waals surface area contributed by atoms with Gasteiger partial charge in [-0.1, -0.05) is 12.1 Å². The van der Waals surface area contributed by atoms with E-state index < -0.39 is 10.0 Å². The van der Waals surface area contributed by atoms with Gasteiger partial charge in [0.25, 0.3) is 0 Å². The van der Waals surface area contributed by atoms with Crippen molar-refractivity contribution in [3.05, 3.63) is 11.5 Å². The van der Waals surface area contributed by atoms with Crippen LogP contribution in [0.2, 0.25) is 0 Å². The molecule has 1 aliphatic carbocycles. The van der Waals surface area contributed by atoms with Crippen LogP contribution in [0.1, 0.15) is 51.0 Å². The summed E-state index contributed by atoms with van der Waals surface area (Å²) in [6.45, 7) is 8.17. The van der Waals surface area contributed by atoms with Crippen molar-refractivity contribution >= 4 is 15.9 Å². The molecule has 1 saturated heterocycles. The number of amides is 1. The van der Waals surface area contributed by atoms with Gasteiger partial charge in [0.15, 0.2) is 5.76 Å². The molecular formula is C18H29N3O4S. The fourth-order valence-electron chi connectivity index (χ4n) is 3.90. The zero-order valence-corrected chi connectivity index (χ0v) is 17.1. The van der Waals surface area contributed by atoms with Crippen molar-refractivity contribution in [1.82, 2.24) is 14.4 Å². The van der Waals surface area contributed by atoms with Crippen LogP contribution in [0.4, 0.5) is 0 Å². The van der Waals surface area contributed by atoms with Crippen LogP contribution in [0, 0.1) is 25.2 Å². The Morgan fingerprint density at radius 2 is 2.04 bits per heavy atom. The van der Waals surface area contributed by atoms with Crippen molar-refractivity contribution in [2.75, 3.05) is 20.1 Å². The molecule has 7 nitrogen and oxygen atoms in total. The van der Waals surface area contributed by atoms with E-state index in [2.05, 4.69) is 19.0 Å². The number of carbonyl (C=O) groups is 1. The molecule has 2 atom stereocenters. The maximum Gasteiger partial charge on any atom is 0.248 e.